The molecule has 0 bridgehead atoms. The molecule has 0 saturated heterocycles. The van der Waals surface area contributed by atoms with Crippen LogP contribution in [0.1, 0.15) is 36.5 Å². The van der Waals surface area contributed by atoms with Crippen LogP contribution in [0.3, 0.4) is 0 Å². The summed E-state index contributed by atoms with van der Waals surface area (Å²) >= 11 is 5.82. The van der Waals surface area contributed by atoms with Gasteiger partial charge in [0.25, 0.3) is 5.91 Å². The van der Waals surface area contributed by atoms with Gasteiger partial charge in [0.15, 0.2) is 0 Å². The van der Waals surface area contributed by atoms with Crippen LogP contribution in [0.5, 0.6) is 0 Å². The molecule has 1 aromatic heterocycles. The summed E-state index contributed by atoms with van der Waals surface area (Å²) < 4.78 is 0. The molecule has 0 radical (unpaired) electrons. The SMILES string of the molecule is CCCN(CC1CC1)C(=O)c1cc(Cl)ncc1N. The monoisotopic (exact) mass is 267 g/mol. The Morgan fingerprint density at radius 2 is 2.33 bits per heavy atom. The van der Waals surface area contributed by atoms with Crippen molar-refractivity contribution in [1.82, 2.24) is 9.88 Å². The van der Waals surface area contributed by atoms with E-state index >= 15 is 0 Å². The largest absolute Gasteiger partial charge is 0.397 e. The van der Waals surface area contributed by atoms with Gasteiger partial charge < -0.3 is 10.6 Å². The van der Waals surface area contributed by atoms with E-state index in [1.54, 1.807) is 6.07 Å². The summed E-state index contributed by atoms with van der Waals surface area (Å²) in [5.41, 5.74) is 6.65. The van der Waals surface area contributed by atoms with Crippen molar-refractivity contribution >= 4 is 23.2 Å². The molecule has 1 heterocycles. The van der Waals surface area contributed by atoms with Crippen LogP contribution in [-0.2, 0) is 0 Å². The second kappa shape index (κ2) is 5.57. The maximum Gasteiger partial charge on any atom is 0.256 e. The summed E-state index contributed by atoms with van der Waals surface area (Å²) in [4.78, 5) is 18.2. The van der Waals surface area contributed by atoms with Crippen LogP contribution in [0.15, 0.2) is 12.3 Å². The Morgan fingerprint density at radius 3 is 2.94 bits per heavy atom. The van der Waals surface area contributed by atoms with Gasteiger partial charge in [0.1, 0.15) is 5.15 Å². The van der Waals surface area contributed by atoms with Gasteiger partial charge in [-0.05, 0) is 31.2 Å². The number of amides is 1. The first-order valence-electron chi connectivity index (χ1n) is 6.32. The summed E-state index contributed by atoms with van der Waals surface area (Å²) in [5.74, 6) is 0.629. The van der Waals surface area contributed by atoms with Crippen LogP contribution in [0, 0.1) is 5.92 Å². The molecule has 4 nitrogen and oxygen atoms in total. The van der Waals surface area contributed by atoms with Gasteiger partial charge in [0, 0.05) is 13.1 Å². The Hall–Kier alpha value is -1.29. The number of nitrogens with two attached hydrogens (primary N) is 1. The third kappa shape index (κ3) is 3.13. The Balaban J connectivity index is 2.17. The summed E-state index contributed by atoms with van der Waals surface area (Å²) in [6.45, 7) is 3.65. The van der Waals surface area contributed by atoms with Crippen molar-refractivity contribution in [2.24, 2.45) is 5.92 Å². The number of rotatable bonds is 5. The van der Waals surface area contributed by atoms with E-state index in [1.165, 1.54) is 19.0 Å². The van der Waals surface area contributed by atoms with E-state index in [0.29, 0.717) is 22.3 Å². The minimum Gasteiger partial charge on any atom is -0.397 e. The number of carbonyl (C=O) groups excluding carboxylic acids is 1. The number of anilines is 1. The number of pyridine rings is 1. The van der Waals surface area contributed by atoms with Crippen molar-refractivity contribution < 1.29 is 4.79 Å². The Morgan fingerprint density at radius 1 is 1.61 bits per heavy atom. The molecule has 1 aromatic rings. The number of aromatic nitrogens is 1. The highest BCUT2D eigenvalue weighted by atomic mass is 35.5. The highest BCUT2D eigenvalue weighted by molar-refractivity contribution is 6.29. The lowest BCUT2D eigenvalue weighted by Gasteiger charge is -2.22. The summed E-state index contributed by atoms with van der Waals surface area (Å²) in [6, 6.07) is 1.55. The van der Waals surface area contributed by atoms with E-state index in [2.05, 4.69) is 11.9 Å². The topological polar surface area (TPSA) is 59.2 Å². The molecule has 0 unspecified atom stereocenters. The molecule has 2 N–H and O–H groups in total. The average Bonchev–Trinajstić information content (AvgIpc) is 3.15. The maximum atomic E-state index is 12.4. The fraction of sp³-hybridized carbons (Fsp3) is 0.538. The summed E-state index contributed by atoms with van der Waals surface area (Å²) in [6.07, 6.45) is 4.83. The number of nitrogens with zero attached hydrogens (tertiary/aromatic N) is 2. The normalized spacial score (nSPS) is 14.6. The smallest absolute Gasteiger partial charge is 0.256 e. The van der Waals surface area contributed by atoms with Crippen LogP contribution in [0.4, 0.5) is 5.69 Å². The maximum absolute atomic E-state index is 12.4. The van der Waals surface area contributed by atoms with Crippen LogP contribution < -0.4 is 5.73 Å². The van der Waals surface area contributed by atoms with Gasteiger partial charge in [-0.2, -0.15) is 0 Å². The molecule has 5 heteroatoms. The predicted octanol–water partition coefficient (Wildman–Crippen LogP) is 2.58. The Bertz CT molecular complexity index is 446. The lowest BCUT2D eigenvalue weighted by atomic mass is 10.2. The molecule has 2 rings (SSSR count). The van der Waals surface area contributed by atoms with E-state index in [1.807, 2.05) is 4.90 Å². The summed E-state index contributed by atoms with van der Waals surface area (Å²) in [5, 5.41) is 0.301. The van der Waals surface area contributed by atoms with Gasteiger partial charge in [-0.1, -0.05) is 18.5 Å². The minimum atomic E-state index is -0.0365. The van der Waals surface area contributed by atoms with Crippen LogP contribution in [0.2, 0.25) is 5.15 Å². The second-order valence-electron chi connectivity index (χ2n) is 4.79. The van der Waals surface area contributed by atoms with Crippen LogP contribution in [0.25, 0.3) is 0 Å². The van der Waals surface area contributed by atoms with E-state index in [-0.39, 0.29) is 5.91 Å². The van der Waals surface area contributed by atoms with Gasteiger partial charge in [0.2, 0.25) is 0 Å². The molecular formula is C13H18ClN3O. The number of nitrogen functional groups attached to an aromatic ring is 1. The molecule has 1 aliphatic rings. The Labute approximate surface area is 112 Å². The molecule has 0 atom stereocenters. The van der Waals surface area contributed by atoms with Crippen LogP contribution >= 0.6 is 11.6 Å². The van der Waals surface area contributed by atoms with Crippen molar-refractivity contribution in [3.63, 3.8) is 0 Å². The molecule has 0 spiro atoms. The van der Waals surface area contributed by atoms with E-state index in [4.69, 9.17) is 17.3 Å². The van der Waals surface area contributed by atoms with Gasteiger partial charge >= 0.3 is 0 Å². The molecule has 1 saturated carbocycles. The Kier molecular flexibility index (Phi) is 4.07. The first-order chi connectivity index (χ1) is 8.61. The van der Waals surface area contributed by atoms with Gasteiger partial charge in [-0.3, -0.25) is 4.79 Å². The first-order valence-corrected chi connectivity index (χ1v) is 6.70. The molecule has 0 aromatic carbocycles. The standard InChI is InChI=1S/C13H18ClN3O/c1-2-5-17(8-9-3-4-9)13(18)10-6-12(14)16-7-11(10)15/h6-7,9H,2-5,8,15H2,1H3. The zero-order valence-electron chi connectivity index (χ0n) is 10.5. The molecule has 1 amide bonds. The van der Waals surface area contributed by atoms with Gasteiger partial charge in [0.05, 0.1) is 17.4 Å². The highest BCUT2D eigenvalue weighted by Crippen LogP contribution is 2.30. The van der Waals surface area contributed by atoms with Crippen molar-refractivity contribution in [1.29, 1.82) is 0 Å². The summed E-state index contributed by atoms with van der Waals surface area (Å²) in [7, 11) is 0. The number of halogens is 1. The number of hydrogen-bond acceptors (Lipinski definition) is 3. The first kappa shape index (κ1) is 13.1. The molecule has 0 aliphatic heterocycles. The lowest BCUT2D eigenvalue weighted by molar-refractivity contribution is 0.0748. The van der Waals surface area contributed by atoms with Gasteiger partial charge in [-0.25, -0.2) is 4.98 Å². The quantitative estimate of drug-likeness (QED) is 0.834. The van der Waals surface area contributed by atoms with E-state index in [0.717, 1.165) is 19.5 Å². The molecule has 98 valence electrons. The van der Waals surface area contributed by atoms with E-state index in [9.17, 15) is 4.79 Å². The van der Waals surface area contributed by atoms with Gasteiger partial charge in [-0.15, -0.1) is 0 Å². The third-order valence-corrected chi connectivity index (χ3v) is 3.29. The number of hydrogen-bond donors (Lipinski definition) is 1. The fourth-order valence-electron chi connectivity index (χ4n) is 1.95. The second-order valence-corrected chi connectivity index (χ2v) is 5.18. The molecular weight excluding hydrogens is 250 g/mol. The van der Waals surface area contributed by atoms with Crippen molar-refractivity contribution in [3.8, 4) is 0 Å². The lowest BCUT2D eigenvalue weighted by Crippen LogP contribution is -2.34. The molecule has 18 heavy (non-hydrogen) atoms. The predicted molar refractivity (Wildman–Crippen MR) is 72.6 cm³/mol. The van der Waals surface area contributed by atoms with Crippen molar-refractivity contribution in [2.45, 2.75) is 26.2 Å². The zero-order chi connectivity index (χ0) is 13.1. The molecule has 1 aliphatic carbocycles. The van der Waals surface area contributed by atoms with E-state index < -0.39 is 0 Å². The third-order valence-electron chi connectivity index (χ3n) is 3.09. The minimum absolute atomic E-state index is 0.0365. The fourth-order valence-corrected chi connectivity index (χ4v) is 2.11. The average molecular weight is 268 g/mol. The molecule has 1 fully saturated rings. The zero-order valence-corrected chi connectivity index (χ0v) is 11.3. The van der Waals surface area contributed by atoms with Crippen LogP contribution in [-0.4, -0.2) is 28.9 Å². The van der Waals surface area contributed by atoms with Crippen molar-refractivity contribution in [2.75, 3.05) is 18.8 Å². The number of carbonyl (C=O) groups is 1. The highest BCUT2D eigenvalue weighted by Gasteiger charge is 2.27. The van der Waals surface area contributed by atoms with Crippen molar-refractivity contribution in [3.05, 3.63) is 23.0 Å².